The third-order valence-electron chi connectivity index (χ3n) is 2.86. The molecule has 0 bridgehead atoms. The Labute approximate surface area is 50.3 Å². The van der Waals surface area contributed by atoms with Gasteiger partial charge in [-0.1, -0.05) is 6.92 Å². The van der Waals surface area contributed by atoms with Crippen LogP contribution in [-0.4, -0.2) is 6.04 Å². The molecule has 0 radical (unpaired) electrons. The van der Waals surface area contributed by atoms with E-state index >= 15 is 0 Å². The molecule has 0 saturated heterocycles. The monoisotopic (exact) mass is 111 g/mol. The van der Waals surface area contributed by atoms with Crippen molar-refractivity contribution in [2.45, 2.75) is 32.2 Å². The molecule has 2 N–H and O–H groups in total. The molecule has 46 valence electrons. The summed E-state index contributed by atoms with van der Waals surface area (Å²) < 4.78 is 0. The van der Waals surface area contributed by atoms with Crippen LogP contribution in [-0.2, 0) is 0 Å². The summed E-state index contributed by atoms with van der Waals surface area (Å²) in [6.45, 7) is 2.33. The van der Waals surface area contributed by atoms with Crippen molar-refractivity contribution in [3.05, 3.63) is 0 Å². The quantitative estimate of drug-likeness (QED) is 0.539. The second-order valence-corrected chi connectivity index (χ2v) is 3.59. The van der Waals surface area contributed by atoms with Crippen molar-refractivity contribution in [1.29, 1.82) is 0 Å². The second kappa shape index (κ2) is 1.10. The molecule has 0 aromatic heterocycles. The number of hydrogen-bond acceptors (Lipinski definition) is 1. The standard InChI is InChI=1S/C7H13N/c1-7(4-6(7)8)5-2-3-5/h5-6H,2-4,8H2,1H3/t6-,7+/m1/s1. The minimum atomic E-state index is 0.551. The van der Waals surface area contributed by atoms with Crippen LogP contribution in [0.2, 0.25) is 0 Å². The van der Waals surface area contributed by atoms with Gasteiger partial charge in [-0.2, -0.15) is 0 Å². The molecule has 0 aromatic rings. The smallest absolute Gasteiger partial charge is 0.0102 e. The normalized spacial score (nSPS) is 54.0. The van der Waals surface area contributed by atoms with E-state index < -0.39 is 0 Å². The lowest BCUT2D eigenvalue weighted by atomic mass is 10.0. The molecule has 1 heteroatoms. The van der Waals surface area contributed by atoms with Crippen LogP contribution in [0.3, 0.4) is 0 Å². The molecule has 0 aliphatic heterocycles. The fourth-order valence-corrected chi connectivity index (χ4v) is 1.63. The van der Waals surface area contributed by atoms with Gasteiger partial charge in [-0.15, -0.1) is 0 Å². The van der Waals surface area contributed by atoms with Crippen LogP contribution in [0.5, 0.6) is 0 Å². The largest absolute Gasteiger partial charge is 0.327 e. The molecular weight excluding hydrogens is 98.1 g/mol. The Morgan fingerprint density at radius 1 is 1.50 bits per heavy atom. The third-order valence-corrected chi connectivity index (χ3v) is 2.86. The molecule has 2 aliphatic carbocycles. The maximum Gasteiger partial charge on any atom is 0.0102 e. The molecule has 0 unspecified atom stereocenters. The van der Waals surface area contributed by atoms with Crippen molar-refractivity contribution in [3.8, 4) is 0 Å². The van der Waals surface area contributed by atoms with Crippen LogP contribution < -0.4 is 5.73 Å². The predicted octanol–water partition coefficient (Wildman–Crippen LogP) is 1.13. The van der Waals surface area contributed by atoms with Gasteiger partial charge in [0, 0.05) is 6.04 Å². The lowest BCUT2D eigenvalue weighted by Crippen LogP contribution is -2.11. The van der Waals surface area contributed by atoms with Gasteiger partial charge in [-0.3, -0.25) is 0 Å². The first-order valence-electron chi connectivity index (χ1n) is 3.49. The summed E-state index contributed by atoms with van der Waals surface area (Å²) in [5.74, 6) is 1.01. The van der Waals surface area contributed by atoms with Gasteiger partial charge in [0.15, 0.2) is 0 Å². The third kappa shape index (κ3) is 0.455. The number of rotatable bonds is 1. The van der Waals surface area contributed by atoms with Crippen molar-refractivity contribution in [3.63, 3.8) is 0 Å². The summed E-state index contributed by atoms with van der Waals surface area (Å²) in [6, 6.07) is 0.551. The van der Waals surface area contributed by atoms with Crippen molar-refractivity contribution in [2.24, 2.45) is 17.1 Å². The van der Waals surface area contributed by atoms with Crippen LogP contribution in [0.15, 0.2) is 0 Å². The predicted molar refractivity (Wildman–Crippen MR) is 33.4 cm³/mol. The molecule has 0 amide bonds. The van der Waals surface area contributed by atoms with Crippen molar-refractivity contribution >= 4 is 0 Å². The first-order chi connectivity index (χ1) is 3.73. The first kappa shape index (κ1) is 4.80. The van der Waals surface area contributed by atoms with E-state index in [-0.39, 0.29) is 0 Å². The summed E-state index contributed by atoms with van der Waals surface area (Å²) in [5, 5.41) is 0. The Hall–Kier alpha value is -0.0400. The highest BCUT2D eigenvalue weighted by Crippen LogP contribution is 2.59. The van der Waals surface area contributed by atoms with Gasteiger partial charge in [0.1, 0.15) is 0 Å². The Bertz CT molecular complexity index is 118. The molecule has 0 spiro atoms. The maximum absolute atomic E-state index is 5.74. The highest BCUT2D eigenvalue weighted by molar-refractivity contribution is 5.10. The van der Waals surface area contributed by atoms with Crippen molar-refractivity contribution in [1.82, 2.24) is 0 Å². The fourth-order valence-electron chi connectivity index (χ4n) is 1.63. The van der Waals surface area contributed by atoms with E-state index in [1.807, 2.05) is 0 Å². The Morgan fingerprint density at radius 2 is 2.00 bits per heavy atom. The molecule has 2 atom stereocenters. The van der Waals surface area contributed by atoms with E-state index in [0.29, 0.717) is 11.5 Å². The van der Waals surface area contributed by atoms with Crippen LogP contribution in [0.25, 0.3) is 0 Å². The average molecular weight is 111 g/mol. The lowest BCUT2D eigenvalue weighted by Gasteiger charge is -2.03. The SMILES string of the molecule is C[C@@]1(C2CC2)C[C@H]1N. The fraction of sp³-hybridized carbons (Fsp3) is 1.00. The minimum Gasteiger partial charge on any atom is -0.327 e. The zero-order valence-electron chi connectivity index (χ0n) is 5.35. The maximum atomic E-state index is 5.74. The van der Waals surface area contributed by atoms with E-state index in [1.54, 1.807) is 0 Å². The molecule has 0 heterocycles. The van der Waals surface area contributed by atoms with Crippen LogP contribution in [0.4, 0.5) is 0 Å². The molecule has 2 saturated carbocycles. The Kier molecular flexibility index (Phi) is 0.663. The summed E-state index contributed by atoms with van der Waals surface area (Å²) in [7, 11) is 0. The zero-order valence-corrected chi connectivity index (χ0v) is 5.35. The summed E-state index contributed by atoms with van der Waals surface area (Å²) in [4.78, 5) is 0. The Balaban J connectivity index is 2.04. The van der Waals surface area contributed by atoms with Gasteiger partial charge in [-0.25, -0.2) is 0 Å². The number of hydrogen-bond donors (Lipinski definition) is 1. The van der Waals surface area contributed by atoms with E-state index in [1.165, 1.54) is 19.3 Å². The second-order valence-electron chi connectivity index (χ2n) is 3.59. The van der Waals surface area contributed by atoms with Gasteiger partial charge in [0.2, 0.25) is 0 Å². The highest BCUT2D eigenvalue weighted by atomic mass is 14.8. The molecule has 0 aromatic carbocycles. The molecular formula is C7H13N. The first-order valence-corrected chi connectivity index (χ1v) is 3.49. The summed E-state index contributed by atoms with van der Waals surface area (Å²) in [6.07, 6.45) is 4.19. The topological polar surface area (TPSA) is 26.0 Å². The molecule has 2 rings (SSSR count). The average Bonchev–Trinajstić information content (AvgIpc) is 2.44. The molecule has 2 aliphatic rings. The van der Waals surface area contributed by atoms with Gasteiger partial charge >= 0.3 is 0 Å². The highest BCUT2D eigenvalue weighted by Gasteiger charge is 2.56. The summed E-state index contributed by atoms with van der Waals surface area (Å²) >= 11 is 0. The van der Waals surface area contributed by atoms with Crippen LogP contribution in [0.1, 0.15) is 26.2 Å². The Morgan fingerprint density at radius 3 is 2.12 bits per heavy atom. The van der Waals surface area contributed by atoms with E-state index in [4.69, 9.17) is 5.73 Å². The van der Waals surface area contributed by atoms with E-state index in [0.717, 1.165) is 5.92 Å². The van der Waals surface area contributed by atoms with Crippen molar-refractivity contribution < 1.29 is 0 Å². The zero-order chi connectivity index (χ0) is 5.78. The van der Waals surface area contributed by atoms with Gasteiger partial charge < -0.3 is 5.73 Å². The molecule has 8 heavy (non-hydrogen) atoms. The minimum absolute atomic E-state index is 0.551. The van der Waals surface area contributed by atoms with Gasteiger partial charge in [0.25, 0.3) is 0 Å². The van der Waals surface area contributed by atoms with E-state index in [2.05, 4.69) is 6.92 Å². The van der Waals surface area contributed by atoms with Gasteiger partial charge in [0.05, 0.1) is 0 Å². The molecule has 2 fully saturated rings. The lowest BCUT2D eigenvalue weighted by molar-refractivity contribution is 0.471. The summed E-state index contributed by atoms with van der Waals surface area (Å²) in [5.41, 5.74) is 6.34. The van der Waals surface area contributed by atoms with Crippen molar-refractivity contribution in [2.75, 3.05) is 0 Å². The number of nitrogens with two attached hydrogens (primary N) is 1. The van der Waals surface area contributed by atoms with E-state index in [9.17, 15) is 0 Å². The molecule has 1 nitrogen and oxygen atoms in total. The van der Waals surface area contributed by atoms with Crippen LogP contribution in [0, 0.1) is 11.3 Å². The van der Waals surface area contributed by atoms with Crippen LogP contribution >= 0.6 is 0 Å². The van der Waals surface area contributed by atoms with Gasteiger partial charge in [-0.05, 0) is 30.6 Å².